The number of aromatic nitrogens is 2. The molecule has 30 heavy (non-hydrogen) atoms. The van der Waals surface area contributed by atoms with Crippen molar-refractivity contribution in [1.82, 2.24) is 20.6 Å². The Morgan fingerprint density at radius 2 is 1.73 bits per heavy atom. The molecule has 2 aromatic rings. The van der Waals surface area contributed by atoms with E-state index >= 15 is 0 Å². The van der Waals surface area contributed by atoms with Crippen molar-refractivity contribution in [2.75, 3.05) is 0 Å². The molecule has 4 bridgehead atoms. The second-order valence-electron chi connectivity index (χ2n) is 9.61. The zero-order valence-electron chi connectivity index (χ0n) is 16.9. The molecule has 158 valence electrons. The van der Waals surface area contributed by atoms with E-state index < -0.39 is 0 Å². The van der Waals surface area contributed by atoms with Gasteiger partial charge in [0.25, 0.3) is 5.91 Å². The van der Waals surface area contributed by atoms with E-state index in [1.54, 1.807) is 10.9 Å². The van der Waals surface area contributed by atoms with Crippen LogP contribution in [0.1, 0.15) is 60.9 Å². The van der Waals surface area contributed by atoms with E-state index in [2.05, 4.69) is 16.0 Å². The summed E-state index contributed by atoms with van der Waals surface area (Å²) in [5.74, 6) is 1.97. The van der Waals surface area contributed by atoms with Gasteiger partial charge in [-0.2, -0.15) is 5.10 Å². The number of hydrazine groups is 1. The quantitative estimate of drug-likeness (QED) is 0.710. The highest BCUT2D eigenvalue weighted by atomic mass is 35.5. The highest BCUT2D eigenvalue weighted by molar-refractivity contribution is 6.31. The summed E-state index contributed by atoms with van der Waals surface area (Å²) < 4.78 is 1.66. The van der Waals surface area contributed by atoms with Crippen molar-refractivity contribution in [3.8, 4) is 0 Å². The highest BCUT2D eigenvalue weighted by Crippen LogP contribution is 2.61. The SMILES string of the molecule is O=C(CC12CC3CC(CC(C3)C1)C2)NNC(=O)c1cnn(Cc2ccccc2Cl)c1. The number of hydrogen-bond acceptors (Lipinski definition) is 3. The molecule has 2 amide bonds. The van der Waals surface area contributed by atoms with Crippen LogP contribution in [-0.2, 0) is 11.3 Å². The molecule has 1 aromatic heterocycles. The second-order valence-corrected chi connectivity index (χ2v) is 10.0. The van der Waals surface area contributed by atoms with Crippen molar-refractivity contribution in [3.63, 3.8) is 0 Å². The molecular formula is C23H27ClN4O2. The van der Waals surface area contributed by atoms with E-state index in [1.165, 1.54) is 44.7 Å². The summed E-state index contributed by atoms with van der Waals surface area (Å²) in [6.07, 6.45) is 11.3. The van der Waals surface area contributed by atoms with Crippen LogP contribution in [0.3, 0.4) is 0 Å². The number of rotatable bonds is 5. The summed E-state index contributed by atoms with van der Waals surface area (Å²) in [6.45, 7) is 0.478. The molecule has 4 aliphatic rings. The lowest BCUT2D eigenvalue weighted by Crippen LogP contribution is -2.50. The van der Waals surface area contributed by atoms with Crippen molar-refractivity contribution in [2.24, 2.45) is 23.2 Å². The van der Waals surface area contributed by atoms with Crippen LogP contribution in [0.5, 0.6) is 0 Å². The fourth-order valence-corrected chi connectivity index (χ4v) is 6.65. The lowest BCUT2D eigenvalue weighted by molar-refractivity contribution is -0.130. The van der Waals surface area contributed by atoms with Gasteiger partial charge in [-0.15, -0.1) is 0 Å². The van der Waals surface area contributed by atoms with Crippen LogP contribution in [0, 0.1) is 23.2 Å². The monoisotopic (exact) mass is 426 g/mol. The molecule has 0 unspecified atom stereocenters. The van der Waals surface area contributed by atoms with Crippen molar-refractivity contribution in [1.29, 1.82) is 0 Å². The first-order valence-corrected chi connectivity index (χ1v) is 11.2. The Bertz CT molecular complexity index is 934. The molecule has 7 heteroatoms. The minimum absolute atomic E-state index is 0.0891. The zero-order valence-corrected chi connectivity index (χ0v) is 17.7. The van der Waals surface area contributed by atoms with Crippen LogP contribution in [0.25, 0.3) is 0 Å². The summed E-state index contributed by atoms with van der Waals surface area (Å²) in [4.78, 5) is 25.0. The van der Waals surface area contributed by atoms with Crippen molar-refractivity contribution >= 4 is 23.4 Å². The molecule has 0 spiro atoms. The average molecular weight is 427 g/mol. The number of carbonyl (C=O) groups is 2. The number of halogens is 1. The normalized spacial score (nSPS) is 29.0. The van der Waals surface area contributed by atoms with E-state index in [-0.39, 0.29) is 17.2 Å². The standard InChI is InChI=1S/C23H27ClN4O2/c24-20-4-2-1-3-18(20)13-28-14-19(12-25-28)22(30)27-26-21(29)11-23-8-15-5-16(9-23)7-17(6-15)10-23/h1-4,12,14-17H,5-11,13H2,(H,26,29)(H,27,30). The zero-order chi connectivity index (χ0) is 20.7. The van der Waals surface area contributed by atoms with E-state index in [4.69, 9.17) is 11.6 Å². The Kier molecular flexibility index (Phi) is 5.05. The summed E-state index contributed by atoms with van der Waals surface area (Å²) in [5, 5.41) is 4.90. The molecule has 4 fully saturated rings. The molecule has 2 N–H and O–H groups in total. The minimum atomic E-state index is -0.362. The van der Waals surface area contributed by atoms with Gasteiger partial charge in [0.15, 0.2) is 0 Å². The smallest absolute Gasteiger partial charge is 0.272 e. The van der Waals surface area contributed by atoms with Gasteiger partial charge in [0.2, 0.25) is 5.91 Å². The van der Waals surface area contributed by atoms with Crippen LogP contribution in [-0.4, -0.2) is 21.6 Å². The predicted octanol–water partition coefficient (Wildman–Crippen LogP) is 3.95. The van der Waals surface area contributed by atoms with Gasteiger partial charge < -0.3 is 0 Å². The topological polar surface area (TPSA) is 76.0 Å². The number of carbonyl (C=O) groups excluding carboxylic acids is 2. The number of nitrogens with zero attached hydrogens (tertiary/aromatic N) is 2. The molecule has 0 radical (unpaired) electrons. The molecule has 6 rings (SSSR count). The van der Waals surface area contributed by atoms with Gasteiger partial charge in [0, 0.05) is 17.6 Å². The Labute approximate surface area is 181 Å². The molecule has 0 saturated heterocycles. The Hall–Kier alpha value is -2.34. The molecule has 1 aromatic carbocycles. The first-order valence-electron chi connectivity index (χ1n) is 10.8. The first kappa shape index (κ1) is 19.6. The van der Waals surface area contributed by atoms with Crippen molar-refractivity contribution in [3.05, 3.63) is 52.8 Å². The summed E-state index contributed by atoms with van der Waals surface area (Å²) in [6, 6.07) is 7.54. The van der Waals surface area contributed by atoms with Crippen LogP contribution in [0.2, 0.25) is 5.02 Å². The van der Waals surface area contributed by atoms with Crippen LogP contribution >= 0.6 is 11.6 Å². The second kappa shape index (κ2) is 7.73. The Balaban J connectivity index is 1.14. The maximum Gasteiger partial charge on any atom is 0.272 e. The van der Waals surface area contributed by atoms with E-state index in [0.29, 0.717) is 23.6 Å². The van der Waals surface area contributed by atoms with Gasteiger partial charge in [-0.05, 0) is 73.3 Å². The third kappa shape index (κ3) is 3.97. The van der Waals surface area contributed by atoms with Gasteiger partial charge in [0.05, 0.1) is 18.3 Å². The molecule has 1 heterocycles. The van der Waals surface area contributed by atoms with E-state index in [0.717, 1.165) is 23.3 Å². The largest absolute Gasteiger partial charge is 0.273 e. The summed E-state index contributed by atoms with van der Waals surface area (Å²) >= 11 is 6.19. The van der Waals surface area contributed by atoms with Gasteiger partial charge in [0.1, 0.15) is 0 Å². The highest BCUT2D eigenvalue weighted by Gasteiger charge is 2.51. The van der Waals surface area contributed by atoms with Gasteiger partial charge in [-0.1, -0.05) is 29.8 Å². The third-order valence-corrected chi connectivity index (χ3v) is 7.57. The van der Waals surface area contributed by atoms with E-state index in [9.17, 15) is 9.59 Å². The molecule has 0 aliphatic heterocycles. The molecule has 0 atom stereocenters. The maximum atomic E-state index is 12.6. The first-order chi connectivity index (χ1) is 14.5. The molecule has 6 nitrogen and oxygen atoms in total. The molecular weight excluding hydrogens is 400 g/mol. The molecule has 4 saturated carbocycles. The fourth-order valence-electron chi connectivity index (χ4n) is 6.46. The minimum Gasteiger partial charge on any atom is -0.273 e. The average Bonchev–Trinajstić information content (AvgIpc) is 3.15. The Morgan fingerprint density at radius 1 is 1.07 bits per heavy atom. The van der Waals surface area contributed by atoms with Crippen LogP contribution < -0.4 is 10.9 Å². The number of hydrogen-bond donors (Lipinski definition) is 2. The number of nitrogens with one attached hydrogen (secondary N) is 2. The number of amides is 2. The number of benzene rings is 1. The van der Waals surface area contributed by atoms with Crippen molar-refractivity contribution < 1.29 is 9.59 Å². The van der Waals surface area contributed by atoms with Crippen LogP contribution in [0.15, 0.2) is 36.7 Å². The summed E-state index contributed by atoms with van der Waals surface area (Å²) in [7, 11) is 0. The van der Waals surface area contributed by atoms with Gasteiger partial charge >= 0.3 is 0 Å². The molecule has 4 aliphatic carbocycles. The third-order valence-electron chi connectivity index (χ3n) is 7.20. The van der Waals surface area contributed by atoms with Gasteiger partial charge in [-0.3, -0.25) is 25.1 Å². The fraction of sp³-hybridized carbons (Fsp3) is 0.522. The van der Waals surface area contributed by atoms with E-state index in [1.807, 2.05) is 24.3 Å². The van der Waals surface area contributed by atoms with Crippen molar-refractivity contribution in [2.45, 2.75) is 51.5 Å². The maximum absolute atomic E-state index is 12.6. The lowest BCUT2D eigenvalue weighted by atomic mass is 9.49. The predicted molar refractivity (Wildman–Crippen MR) is 114 cm³/mol. The lowest BCUT2D eigenvalue weighted by Gasteiger charge is -2.56. The van der Waals surface area contributed by atoms with Crippen LogP contribution in [0.4, 0.5) is 0 Å². The Morgan fingerprint density at radius 3 is 2.40 bits per heavy atom. The summed E-state index contributed by atoms with van der Waals surface area (Å²) in [5.41, 5.74) is 6.66. The van der Waals surface area contributed by atoms with Gasteiger partial charge in [-0.25, -0.2) is 0 Å².